The first kappa shape index (κ1) is 11.2. The average molecular weight is 236 g/mol. The van der Waals surface area contributed by atoms with Crippen molar-refractivity contribution in [2.45, 2.75) is 13.5 Å². The lowest BCUT2D eigenvalue weighted by atomic mass is 10.3. The molecule has 0 atom stereocenters. The lowest BCUT2D eigenvalue weighted by molar-refractivity contribution is 0.726. The van der Waals surface area contributed by atoms with Gasteiger partial charge in [-0.15, -0.1) is 0 Å². The van der Waals surface area contributed by atoms with E-state index in [4.69, 9.17) is 11.6 Å². The van der Waals surface area contributed by atoms with Crippen molar-refractivity contribution >= 4 is 11.6 Å². The molecule has 16 heavy (non-hydrogen) atoms. The third kappa shape index (κ3) is 2.62. The normalized spacial score (nSPS) is 10.6. The largest absolute Gasteiger partial charge is 0.313 e. The first-order valence-electron chi connectivity index (χ1n) is 5.30. The fourth-order valence-corrected chi connectivity index (χ4v) is 1.58. The predicted molar refractivity (Wildman–Crippen MR) is 66.0 cm³/mol. The summed E-state index contributed by atoms with van der Waals surface area (Å²) in [6.07, 6.45) is 3.89. The Balaban J connectivity index is 2.15. The quantitative estimate of drug-likeness (QED) is 0.883. The molecule has 0 aliphatic carbocycles. The summed E-state index contributed by atoms with van der Waals surface area (Å²) in [6.45, 7) is 3.90. The Labute approximate surface area is 100 Å². The summed E-state index contributed by atoms with van der Waals surface area (Å²) in [5.41, 5.74) is 2.20. The van der Waals surface area contributed by atoms with E-state index < -0.39 is 0 Å². The zero-order valence-corrected chi connectivity index (χ0v) is 9.91. The van der Waals surface area contributed by atoms with Crippen LogP contribution in [0.2, 0.25) is 5.02 Å². The van der Waals surface area contributed by atoms with E-state index in [9.17, 15) is 0 Å². The van der Waals surface area contributed by atoms with E-state index >= 15 is 0 Å². The minimum atomic E-state index is 0.740. The number of aromatic nitrogens is 2. The van der Waals surface area contributed by atoms with Crippen LogP contribution in [0.15, 0.2) is 36.7 Å². The van der Waals surface area contributed by atoms with Crippen LogP contribution in [0.4, 0.5) is 0 Å². The molecule has 0 aliphatic rings. The summed E-state index contributed by atoms with van der Waals surface area (Å²) in [7, 11) is 0. The number of nitrogens with one attached hydrogen (secondary N) is 1. The van der Waals surface area contributed by atoms with Gasteiger partial charge < -0.3 is 5.32 Å². The van der Waals surface area contributed by atoms with Crippen molar-refractivity contribution in [1.29, 1.82) is 0 Å². The van der Waals surface area contributed by atoms with Gasteiger partial charge in [0, 0.05) is 23.3 Å². The van der Waals surface area contributed by atoms with Gasteiger partial charge in [-0.05, 0) is 30.8 Å². The highest BCUT2D eigenvalue weighted by atomic mass is 35.5. The second kappa shape index (κ2) is 5.14. The van der Waals surface area contributed by atoms with Gasteiger partial charge >= 0.3 is 0 Å². The fourth-order valence-electron chi connectivity index (χ4n) is 1.46. The smallest absolute Gasteiger partial charge is 0.0646 e. The highest BCUT2D eigenvalue weighted by Gasteiger charge is 2.00. The summed E-state index contributed by atoms with van der Waals surface area (Å²) >= 11 is 5.83. The lowest BCUT2D eigenvalue weighted by Gasteiger charge is -2.00. The number of nitrogens with zero attached hydrogens (tertiary/aromatic N) is 2. The van der Waals surface area contributed by atoms with Gasteiger partial charge in [-0.25, -0.2) is 4.68 Å². The molecule has 2 aromatic rings. The number of benzene rings is 1. The van der Waals surface area contributed by atoms with Crippen molar-refractivity contribution in [1.82, 2.24) is 15.1 Å². The molecule has 0 saturated carbocycles. The molecule has 0 amide bonds. The van der Waals surface area contributed by atoms with E-state index in [1.54, 1.807) is 0 Å². The van der Waals surface area contributed by atoms with Crippen molar-refractivity contribution in [2.75, 3.05) is 6.54 Å². The van der Waals surface area contributed by atoms with Gasteiger partial charge in [0.1, 0.15) is 0 Å². The maximum Gasteiger partial charge on any atom is 0.0646 e. The zero-order chi connectivity index (χ0) is 11.4. The fraction of sp³-hybridized carbons (Fsp3) is 0.250. The zero-order valence-electron chi connectivity index (χ0n) is 9.15. The van der Waals surface area contributed by atoms with Crippen LogP contribution in [0, 0.1) is 0 Å². The van der Waals surface area contributed by atoms with Gasteiger partial charge in [0.05, 0.1) is 11.9 Å². The van der Waals surface area contributed by atoms with Crippen LogP contribution < -0.4 is 5.32 Å². The molecule has 3 nitrogen and oxygen atoms in total. The topological polar surface area (TPSA) is 29.9 Å². The van der Waals surface area contributed by atoms with Gasteiger partial charge in [0.15, 0.2) is 0 Å². The summed E-state index contributed by atoms with van der Waals surface area (Å²) < 4.78 is 1.85. The van der Waals surface area contributed by atoms with Crippen LogP contribution in [0.25, 0.3) is 5.69 Å². The van der Waals surface area contributed by atoms with Crippen molar-refractivity contribution in [3.63, 3.8) is 0 Å². The third-order valence-corrected chi connectivity index (χ3v) is 2.56. The summed E-state index contributed by atoms with van der Waals surface area (Å²) in [5.74, 6) is 0. The molecule has 0 unspecified atom stereocenters. The Morgan fingerprint density at radius 2 is 2.06 bits per heavy atom. The van der Waals surface area contributed by atoms with Crippen LogP contribution in [0.1, 0.15) is 12.5 Å². The number of rotatable bonds is 4. The Bertz CT molecular complexity index is 448. The highest BCUT2D eigenvalue weighted by molar-refractivity contribution is 6.30. The van der Waals surface area contributed by atoms with Gasteiger partial charge in [0.25, 0.3) is 0 Å². The summed E-state index contributed by atoms with van der Waals surface area (Å²) in [5, 5.41) is 8.31. The second-order valence-corrected chi connectivity index (χ2v) is 3.99. The third-order valence-electron chi connectivity index (χ3n) is 2.31. The monoisotopic (exact) mass is 235 g/mol. The minimum Gasteiger partial charge on any atom is -0.313 e. The molecular weight excluding hydrogens is 222 g/mol. The predicted octanol–water partition coefficient (Wildman–Crippen LogP) is 2.64. The SMILES string of the molecule is CCNCc1cnn(-c2ccc(Cl)cc2)c1. The Morgan fingerprint density at radius 3 is 2.75 bits per heavy atom. The number of halogens is 1. The van der Waals surface area contributed by atoms with Crippen molar-refractivity contribution in [3.05, 3.63) is 47.2 Å². The molecule has 0 saturated heterocycles. The molecule has 0 radical (unpaired) electrons. The first-order valence-corrected chi connectivity index (χ1v) is 5.67. The molecule has 1 aromatic carbocycles. The van der Waals surface area contributed by atoms with Crippen LogP contribution in [-0.2, 0) is 6.54 Å². The van der Waals surface area contributed by atoms with E-state index in [-0.39, 0.29) is 0 Å². The van der Waals surface area contributed by atoms with Gasteiger partial charge in [-0.3, -0.25) is 0 Å². The molecule has 2 rings (SSSR count). The maximum absolute atomic E-state index is 5.83. The molecule has 0 fully saturated rings. The van der Waals surface area contributed by atoms with Crippen molar-refractivity contribution in [3.8, 4) is 5.69 Å². The summed E-state index contributed by atoms with van der Waals surface area (Å²) in [4.78, 5) is 0. The molecule has 0 bridgehead atoms. The van der Waals surface area contributed by atoms with Gasteiger partial charge in [-0.1, -0.05) is 18.5 Å². The van der Waals surface area contributed by atoms with E-state index in [1.165, 1.54) is 5.56 Å². The van der Waals surface area contributed by atoms with Crippen LogP contribution >= 0.6 is 11.6 Å². The Hall–Kier alpha value is -1.32. The number of hydrogen-bond acceptors (Lipinski definition) is 2. The maximum atomic E-state index is 5.83. The van der Waals surface area contributed by atoms with E-state index in [2.05, 4.69) is 17.3 Å². The molecule has 1 heterocycles. The Morgan fingerprint density at radius 1 is 1.31 bits per heavy atom. The highest BCUT2D eigenvalue weighted by Crippen LogP contribution is 2.13. The van der Waals surface area contributed by atoms with Gasteiger partial charge in [0.2, 0.25) is 0 Å². The minimum absolute atomic E-state index is 0.740. The van der Waals surface area contributed by atoms with Crippen LogP contribution in [-0.4, -0.2) is 16.3 Å². The van der Waals surface area contributed by atoms with Gasteiger partial charge in [-0.2, -0.15) is 5.10 Å². The second-order valence-electron chi connectivity index (χ2n) is 3.55. The van der Waals surface area contributed by atoms with Crippen LogP contribution in [0.5, 0.6) is 0 Å². The molecule has 0 aliphatic heterocycles. The lowest BCUT2D eigenvalue weighted by Crippen LogP contribution is -2.10. The van der Waals surface area contributed by atoms with E-state index in [0.29, 0.717) is 0 Å². The molecule has 84 valence electrons. The molecular formula is C12H14ClN3. The van der Waals surface area contributed by atoms with E-state index in [0.717, 1.165) is 23.8 Å². The first-order chi connectivity index (χ1) is 7.79. The molecule has 4 heteroatoms. The standard InChI is InChI=1S/C12H14ClN3/c1-2-14-7-10-8-15-16(9-10)12-5-3-11(13)4-6-12/h3-6,8-9,14H,2,7H2,1H3. The number of hydrogen-bond donors (Lipinski definition) is 1. The molecule has 0 spiro atoms. The Kier molecular flexibility index (Phi) is 3.59. The molecule has 1 N–H and O–H groups in total. The average Bonchev–Trinajstić information content (AvgIpc) is 2.76. The van der Waals surface area contributed by atoms with Crippen molar-refractivity contribution in [2.24, 2.45) is 0 Å². The van der Waals surface area contributed by atoms with Crippen molar-refractivity contribution < 1.29 is 0 Å². The summed E-state index contributed by atoms with van der Waals surface area (Å²) in [6, 6.07) is 7.63. The molecule has 1 aromatic heterocycles. The van der Waals surface area contributed by atoms with E-state index in [1.807, 2.05) is 41.3 Å². The van der Waals surface area contributed by atoms with Crippen LogP contribution in [0.3, 0.4) is 0 Å².